The Morgan fingerprint density at radius 1 is 1.18 bits per heavy atom. The quantitative estimate of drug-likeness (QED) is 0.513. The first-order valence-electron chi connectivity index (χ1n) is 6.20. The van der Waals surface area contributed by atoms with Crippen molar-refractivity contribution in [2.45, 2.75) is 58.5 Å². The molecule has 100 valence electrons. The molecule has 0 amide bonds. The van der Waals surface area contributed by atoms with Gasteiger partial charge in [-0.15, -0.1) is 0 Å². The molecule has 0 aliphatic rings. The highest BCUT2D eigenvalue weighted by Crippen LogP contribution is 2.08. The summed E-state index contributed by atoms with van der Waals surface area (Å²) < 4.78 is 4.67. The number of carbonyl (C=O) groups excluding carboxylic acids is 2. The maximum absolute atomic E-state index is 11.5. The van der Waals surface area contributed by atoms with Gasteiger partial charge >= 0.3 is 11.9 Å². The first kappa shape index (κ1) is 16.1. The van der Waals surface area contributed by atoms with Crippen molar-refractivity contribution in [1.29, 1.82) is 0 Å². The van der Waals surface area contributed by atoms with Crippen LogP contribution in [0.2, 0.25) is 0 Å². The average Bonchev–Trinajstić information content (AvgIpc) is 2.33. The summed E-state index contributed by atoms with van der Waals surface area (Å²) in [6.07, 6.45) is 3.07. The van der Waals surface area contributed by atoms with Gasteiger partial charge in [0, 0.05) is 0 Å². The van der Waals surface area contributed by atoms with Crippen LogP contribution in [0.4, 0.5) is 0 Å². The van der Waals surface area contributed by atoms with Crippen LogP contribution in [-0.2, 0) is 14.3 Å². The number of nitrogens with two attached hydrogens (primary N) is 2. The first-order valence-corrected chi connectivity index (χ1v) is 6.20. The number of hydrogen-bond donors (Lipinski definition) is 2. The Hall–Kier alpha value is -0.940. The third-order valence-electron chi connectivity index (χ3n) is 2.90. The molecular formula is C12H24N2O3. The predicted octanol–water partition coefficient (Wildman–Crippen LogP) is 0.947. The zero-order valence-electron chi connectivity index (χ0n) is 10.9. The summed E-state index contributed by atoms with van der Waals surface area (Å²) in [6.45, 7) is 5.77. The van der Waals surface area contributed by atoms with Gasteiger partial charge in [-0.2, -0.15) is 0 Å². The van der Waals surface area contributed by atoms with E-state index in [9.17, 15) is 9.59 Å². The van der Waals surface area contributed by atoms with E-state index in [4.69, 9.17) is 11.5 Å². The van der Waals surface area contributed by atoms with Gasteiger partial charge in [0.25, 0.3) is 0 Å². The van der Waals surface area contributed by atoms with Crippen molar-refractivity contribution >= 4 is 11.9 Å². The molecule has 0 aliphatic carbocycles. The van der Waals surface area contributed by atoms with E-state index in [0.29, 0.717) is 6.42 Å². The van der Waals surface area contributed by atoms with Crippen LogP contribution in [0.25, 0.3) is 0 Å². The summed E-state index contributed by atoms with van der Waals surface area (Å²) in [6, 6.07) is -1.50. The fraction of sp³-hybridized carbons (Fsp3) is 0.833. The van der Waals surface area contributed by atoms with Crippen molar-refractivity contribution in [2.24, 2.45) is 17.4 Å². The van der Waals surface area contributed by atoms with E-state index in [-0.39, 0.29) is 5.92 Å². The topological polar surface area (TPSA) is 95.4 Å². The minimum Gasteiger partial charge on any atom is -0.391 e. The van der Waals surface area contributed by atoms with Gasteiger partial charge in [-0.3, -0.25) is 0 Å². The fourth-order valence-corrected chi connectivity index (χ4v) is 1.27. The molecule has 3 atom stereocenters. The number of esters is 2. The Kier molecular flexibility index (Phi) is 7.74. The van der Waals surface area contributed by atoms with Crippen LogP contribution in [0.1, 0.15) is 46.5 Å². The average molecular weight is 244 g/mol. The Morgan fingerprint density at radius 2 is 1.76 bits per heavy atom. The van der Waals surface area contributed by atoms with Crippen molar-refractivity contribution < 1.29 is 14.3 Å². The van der Waals surface area contributed by atoms with Gasteiger partial charge in [-0.05, 0) is 12.3 Å². The standard InChI is InChI=1S/C12H24N2O3/c1-4-6-7-9(13)11(15)17-12(16)10(14)8(3)5-2/h8-10H,4-7,13-14H2,1-3H3/t8-,9?,10-/m1/s1. The predicted molar refractivity (Wildman–Crippen MR) is 66.0 cm³/mol. The number of carbonyl (C=O) groups is 2. The molecule has 0 spiro atoms. The lowest BCUT2D eigenvalue weighted by atomic mass is 10.0. The van der Waals surface area contributed by atoms with E-state index in [1.54, 1.807) is 0 Å². The Bertz CT molecular complexity index is 256. The Labute approximate surface area is 103 Å². The van der Waals surface area contributed by atoms with Gasteiger partial charge in [0.2, 0.25) is 0 Å². The normalized spacial score (nSPS) is 16.1. The zero-order chi connectivity index (χ0) is 13.4. The number of ether oxygens (including phenoxy) is 1. The van der Waals surface area contributed by atoms with Gasteiger partial charge in [0.15, 0.2) is 0 Å². The lowest BCUT2D eigenvalue weighted by Crippen LogP contribution is -2.42. The molecular weight excluding hydrogens is 220 g/mol. The van der Waals surface area contributed by atoms with E-state index in [1.807, 2.05) is 20.8 Å². The van der Waals surface area contributed by atoms with Crippen LogP contribution in [0, 0.1) is 5.92 Å². The molecule has 1 unspecified atom stereocenters. The molecule has 0 aromatic heterocycles. The third-order valence-corrected chi connectivity index (χ3v) is 2.90. The molecule has 17 heavy (non-hydrogen) atoms. The van der Waals surface area contributed by atoms with E-state index in [0.717, 1.165) is 19.3 Å². The lowest BCUT2D eigenvalue weighted by molar-refractivity contribution is -0.162. The molecule has 0 bridgehead atoms. The van der Waals surface area contributed by atoms with E-state index >= 15 is 0 Å². The number of rotatable bonds is 7. The second-order valence-corrected chi connectivity index (χ2v) is 4.40. The highest BCUT2D eigenvalue weighted by atomic mass is 16.6. The monoisotopic (exact) mass is 244 g/mol. The van der Waals surface area contributed by atoms with Crippen molar-refractivity contribution in [3.63, 3.8) is 0 Å². The van der Waals surface area contributed by atoms with Crippen LogP contribution >= 0.6 is 0 Å². The van der Waals surface area contributed by atoms with Crippen LogP contribution in [-0.4, -0.2) is 24.0 Å². The SMILES string of the molecule is CCCCC(N)C(=O)OC(=O)[C@H](N)[C@H](C)CC. The molecule has 0 aromatic rings. The number of hydrogen-bond acceptors (Lipinski definition) is 5. The molecule has 0 rings (SSSR count). The summed E-state index contributed by atoms with van der Waals surface area (Å²) in [4.78, 5) is 23.0. The second kappa shape index (κ2) is 8.20. The first-order chi connectivity index (χ1) is 7.93. The van der Waals surface area contributed by atoms with Crippen molar-refractivity contribution in [3.8, 4) is 0 Å². The lowest BCUT2D eigenvalue weighted by Gasteiger charge is -2.17. The number of unbranched alkanes of at least 4 members (excludes halogenated alkanes) is 1. The molecule has 4 N–H and O–H groups in total. The van der Waals surface area contributed by atoms with Crippen LogP contribution in [0.3, 0.4) is 0 Å². The molecule has 5 heteroatoms. The maximum Gasteiger partial charge on any atom is 0.330 e. The van der Waals surface area contributed by atoms with Gasteiger partial charge in [-0.25, -0.2) is 9.59 Å². The second-order valence-electron chi connectivity index (χ2n) is 4.40. The highest BCUT2D eigenvalue weighted by molar-refractivity contribution is 5.90. The molecule has 0 saturated heterocycles. The summed E-state index contributed by atoms with van der Waals surface area (Å²) in [5.74, 6) is -1.37. The molecule has 0 saturated carbocycles. The van der Waals surface area contributed by atoms with Crippen molar-refractivity contribution in [3.05, 3.63) is 0 Å². The largest absolute Gasteiger partial charge is 0.391 e. The minimum absolute atomic E-state index is 0.0119. The zero-order valence-corrected chi connectivity index (χ0v) is 10.9. The van der Waals surface area contributed by atoms with Crippen LogP contribution in [0.5, 0.6) is 0 Å². The van der Waals surface area contributed by atoms with Crippen LogP contribution in [0.15, 0.2) is 0 Å². The van der Waals surface area contributed by atoms with E-state index < -0.39 is 24.0 Å². The van der Waals surface area contributed by atoms with Crippen molar-refractivity contribution in [2.75, 3.05) is 0 Å². The van der Waals surface area contributed by atoms with Crippen LogP contribution < -0.4 is 11.5 Å². The summed E-state index contributed by atoms with van der Waals surface area (Å²) in [5.41, 5.74) is 11.2. The summed E-state index contributed by atoms with van der Waals surface area (Å²) in [5, 5.41) is 0. The molecule has 0 fully saturated rings. The smallest absolute Gasteiger partial charge is 0.330 e. The minimum atomic E-state index is -0.762. The van der Waals surface area contributed by atoms with E-state index in [1.165, 1.54) is 0 Å². The third kappa shape index (κ3) is 5.79. The van der Waals surface area contributed by atoms with Gasteiger partial charge < -0.3 is 16.2 Å². The Morgan fingerprint density at radius 3 is 2.24 bits per heavy atom. The molecule has 0 radical (unpaired) electrons. The molecule has 0 aromatic carbocycles. The van der Waals surface area contributed by atoms with Gasteiger partial charge in [0.05, 0.1) is 0 Å². The highest BCUT2D eigenvalue weighted by Gasteiger charge is 2.25. The maximum atomic E-state index is 11.5. The van der Waals surface area contributed by atoms with E-state index in [2.05, 4.69) is 4.74 Å². The molecule has 5 nitrogen and oxygen atoms in total. The van der Waals surface area contributed by atoms with Gasteiger partial charge in [-0.1, -0.05) is 40.0 Å². The molecule has 0 aliphatic heterocycles. The Balaban J connectivity index is 4.15. The fourth-order valence-electron chi connectivity index (χ4n) is 1.27. The van der Waals surface area contributed by atoms with Gasteiger partial charge in [0.1, 0.15) is 12.1 Å². The van der Waals surface area contributed by atoms with Crippen molar-refractivity contribution in [1.82, 2.24) is 0 Å². The molecule has 0 heterocycles. The summed E-state index contributed by atoms with van der Waals surface area (Å²) >= 11 is 0. The summed E-state index contributed by atoms with van der Waals surface area (Å²) in [7, 11) is 0.